The van der Waals surface area contributed by atoms with Gasteiger partial charge in [-0.2, -0.15) is 0 Å². The van der Waals surface area contributed by atoms with Gasteiger partial charge in [0, 0.05) is 12.1 Å². The van der Waals surface area contributed by atoms with Crippen LogP contribution < -0.4 is 0 Å². The van der Waals surface area contributed by atoms with E-state index in [-0.39, 0.29) is 0 Å². The average molecular weight is 187 g/mol. The van der Waals surface area contributed by atoms with Gasteiger partial charge < -0.3 is 0 Å². The second kappa shape index (κ2) is 3.39. The van der Waals surface area contributed by atoms with Crippen molar-refractivity contribution in [3.8, 4) is 0 Å². The van der Waals surface area contributed by atoms with Gasteiger partial charge in [0.15, 0.2) is 0 Å². The van der Waals surface area contributed by atoms with Gasteiger partial charge in [-0.15, -0.1) is 0 Å². The Balaban J connectivity index is 1.83. The molecule has 3 rings (SSSR count). The molecule has 1 aromatic rings. The van der Waals surface area contributed by atoms with E-state index in [2.05, 4.69) is 35.2 Å². The lowest BCUT2D eigenvalue weighted by Crippen LogP contribution is -2.25. The second-order valence-electron chi connectivity index (χ2n) is 4.54. The number of likely N-dealkylation sites (tertiary alicyclic amines) is 1. The normalized spacial score (nSPS) is 28.1. The first-order valence-electron chi connectivity index (χ1n) is 5.76. The van der Waals surface area contributed by atoms with Gasteiger partial charge in [0.2, 0.25) is 0 Å². The van der Waals surface area contributed by atoms with E-state index >= 15 is 0 Å². The van der Waals surface area contributed by atoms with Crippen LogP contribution in [0.3, 0.4) is 0 Å². The zero-order valence-corrected chi connectivity index (χ0v) is 8.52. The molecule has 0 N–H and O–H groups in total. The Hall–Kier alpha value is -0.820. The molecule has 1 heterocycles. The standard InChI is InChI=1S/C13H17N/c1-2-5-11(6-3-1)13-7-4-10-14(13)12-8-9-12/h1-3,5-6,12-13H,4,7-10H2. The summed E-state index contributed by atoms with van der Waals surface area (Å²) in [6.45, 7) is 1.32. The van der Waals surface area contributed by atoms with Gasteiger partial charge in [-0.3, -0.25) is 4.90 Å². The number of nitrogens with zero attached hydrogens (tertiary/aromatic N) is 1. The van der Waals surface area contributed by atoms with E-state index in [4.69, 9.17) is 0 Å². The summed E-state index contributed by atoms with van der Waals surface area (Å²) in [4.78, 5) is 2.72. The summed E-state index contributed by atoms with van der Waals surface area (Å²) in [5.74, 6) is 0. The van der Waals surface area contributed by atoms with E-state index in [0.717, 1.165) is 12.1 Å². The maximum absolute atomic E-state index is 2.72. The highest BCUT2D eigenvalue weighted by Gasteiger charge is 2.37. The predicted molar refractivity (Wildman–Crippen MR) is 58.1 cm³/mol. The smallest absolute Gasteiger partial charge is 0.0351 e. The van der Waals surface area contributed by atoms with Gasteiger partial charge in [-0.1, -0.05) is 30.3 Å². The van der Waals surface area contributed by atoms with Crippen LogP contribution in [0.2, 0.25) is 0 Å². The molecule has 1 aromatic carbocycles. The SMILES string of the molecule is c1ccc(C2CCCN2C2CC2)cc1. The van der Waals surface area contributed by atoms with Crippen molar-refractivity contribution in [1.82, 2.24) is 4.90 Å². The van der Waals surface area contributed by atoms with Crippen molar-refractivity contribution in [2.45, 2.75) is 37.8 Å². The number of hydrogen-bond acceptors (Lipinski definition) is 1. The maximum Gasteiger partial charge on any atom is 0.0351 e. The summed E-state index contributed by atoms with van der Waals surface area (Å²) >= 11 is 0. The number of benzene rings is 1. The predicted octanol–water partition coefficient (Wildman–Crippen LogP) is 2.99. The van der Waals surface area contributed by atoms with E-state index in [0.29, 0.717) is 0 Å². The van der Waals surface area contributed by atoms with Crippen molar-refractivity contribution in [3.05, 3.63) is 35.9 Å². The second-order valence-corrected chi connectivity index (χ2v) is 4.54. The summed E-state index contributed by atoms with van der Waals surface area (Å²) in [5, 5.41) is 0. The third kappa shape index (κ3) is 1.46. The maximum atomic E-state index is 2.72. The Bertz CT molecular complexity index is 302. The Labute approximate surface area is 85.7 Å². The lowest BCUT2D eigenvalue weighted by Gasteiger charge is -2.24. The van der Waals surface area contributed by atoms with Crippen molar-refractivity contribution in [2.75, 3.05) is 6.54 Å². The van der Waals surface area contributed by atoms with Gasteiger partial charge in [-0.05, 0) is 37.8 Å². The van der Waals surface area contributed by atoms with Crippen molar-refractivity contribution in [3.63, 3.8) is 0 Å². The highest BCUT2D eigenvalue weighted by atomic mass is 15.2. The molecular weight excluding hydrogens is 170 g/mol. The summed E-state index contributed by atoms with van der Waals surface area (Å²) in [7, 11) is 0. The molecule has 2 aliphatic rings. The van der Waals surface area contributed by atoms with Crippen LogP contribution in [0.15, 0.2) is 30.3 Å². The number of hydrogen-bond donors (Lipinski definition) is 0. The molecule has 1 aliphatic heterocycles. The molecule has 2 fully saturated rings. The highest BCUT2D eigenvalue weighted by molar-refractivity contribution is 5.20. The van der Waals surface area contributed by atoms with Crippen LogP contribution in [-0.4, -0.2) is 17.5 Å². The van der Waals surface area contributed by atoms with E-state index in [1.807, 2.05) is 0 Å². The zero-order chi connectivity index (χ0) is 9.38. The molecule has 1 heteroatoms. The van der Waals surface area contributed by atoms with E-state index in [1.165, 1.54) is 37.8 Å². The Morgan fingerprint density at radius 1 is 1.00 bits per heavy atom. The highest BCUT2D eigenvalue weighted by Crippen LogP contribution is 2.40. The van der Waals surface area contributed by atoms with Gasteiger partial charge in [0.1, 0.15) is 0 Å². The van der Waals surface area contributed by atoms with E-state index in [9.17, 15) is 0 Å². The van der Waals surface area contributed by atoms with Crippen molar-refractivity contribution in [1.29, 1.82) is 0 Å². The molecule has 74 valence electrons. The summed E-state index contributed by atoms with van der Waals surface area (Å²) in [6, 6.07) is 12.7. The molecule has 1 saturated heterocycles. The first kappa shape index (κ1) is 8.49. The summed E-state index contributed by atoms with van der Waals surface area (Å²) in [5.41, 5.74) is 1.52. The van der Waals surface area contributed by atoms with Crippen molar-refractivity contribution >= 4 is 0 Å². The minimum absolute atomic E-state index is 0.726. The van der Waals surface area contributed by atoms with E-state index in [1.54, 1.807) is 0 Å². The van der Waals surface area contributed by atoms with Gasteiger partial charge in [-0.25, -0.2) is 0 Å². The first-order valence-corrected chi connectivity index (χ1v) is 5.76. The van der Waals surface area contributed by atoms with Crippen molar-refractivity contribution < 1.29 is 0 Å². The Kier molecular flexibility index (Phi) is 2.06. The molecule has 1 aliphatic carbocycles. The van der Waals surface area contributed by atoms with Crippen LogP contribution in [0.5, 0.6) is 0 Å². The quantitative estimate of drug-likeness (QED) is 0.688. The molecule has 1 unspecified atom stereocenters. The van der Waals surface area contributed by atoms with Gasteiger partial charge >= 0.3 is 0 Å². The third-order valence-corrected chi connectivity index (χ3v) is 3.49. The molecule has 0 spiro atoms. The van der Waals surface area contributed by atoms with E-state index < -0.39 is 0 Å². The number of rotatable bonds is 2. The lowest BCUT2D eigenvalue weighted by atomic mass is 10.0. The van der Waals surface area contributed by atoms with Crippen LogP contribution in [0.25, 0.3) is 0 Å². The molecule has 1 nitrogen and oxygen atoms in total. The monoisotopic (exact) mass is 187 g/mol. The van der Waals surface area contributed by atoms with Crippen LogP contribution in [0.4, 0.5) is 0 Å². The minimum atomic E-state index is 0.726. The zero-order valence-electron chi connectivity index (χ0n) is 8.52. The van der Waals surface area contributed by atoms with Crippen LogP contribution >= 0.6 is 0 Å². The van der Waals surface area contributed by atoms with Crippen LogP contribution in [0.1, 0.15) is 37.3 Å². The molecule has 1 atom stereocenters. The van der Waals surface area contributed by atoms with Gasteiger partial charge in [0.05, 0.1) is 0 Å². The van der Waals surface area contributed by atoms with Gasteiger partial charge in [0.25, 0.3) is 0 Å². The van der Waals surface area contributed by atoms with Crippen molar-refractivity contribution in [2.24, 2.45) is 0 Å². The Morgan fingerprint density at radius 3 is 2.50 bits per heavy atom. The summed E-state index contributed by atoms with van der Waals surface area (Å²) in [6.07, 6.45) is 5.61. The fourth-order valence-electron chi connectivity index (χ4n) is 2.67. The molecule has 0 aromatic heterocycles. The third-order valence-electron chi connectivity index (χ3n) is 3.49. The fraction of sp³-hybridized carbons (Fsp3) is 0.538. The molecule has 14 heavy (non-hydrogen) atoms. The average Bonchev–Trinajstić information content (AvgIpc) is 2.98. The fourth-order valence-corrected chi connectivity index (χ4v) is 2.67. The lowest BCUT2D eigenvalue weighted by molar-refractivity contribution is 0.246. The van der Waals surface area contributed by atoms with Crippen LogP contribution in [-0.2, 0) is 0 Å². The molecular formula is C13H17N. The molecule has 1 saturated carbocycles. The summed E-state index contributed by atoms with van der Waals surface area (Å²) < 4.78 is 0. The largest absolute Gasteiger partial charge is 0.293 e. The molecule has 0 amide bonds. The topological polar surface area (TPSA) is 3.24 Å². The first-order chi connectivity index (χ1) is 6.95. The molecule has 0 bridgehead atoms. The Morgan fingerprint density at radius 2 is 1.79 bits per heavy atom. The minimum Gasteiger partial charge on any atom is -0.293 e. The van der Waals surface area contributed by atoms with Crippen LogP contribution in [0, 0.1) is 0 Å². The molecule has 0 radical (unpaired) electrons.